The Morgan fingerprint density at radius 1 is 0.457 bits per heavy atom. The van der Waals surface area contributed by atoms with Gasteiger partial charge in [-0.15, -0.1) is 0 Å². The Morgan fingerprint density at radius 2 is 0.815 bits per heavy atom. The van der Waals surface area contributed by atoms with E-state index in [9.17, 15) is 67.7 Å². The first-order chi connectivity index (χ1) is 43.5. The Labute approximate surface area is 531 Å². The van der Waals surface area contributed by atoms with E-state index in [1.54, 1.807) is 118 Å². The number of alkyl carbamates (subject to hydrolysis) is 1. The summed E-state index contributed by atoms with van der Waals surface area (Å²) in [5, 5.41) is 47.1. The van der Waals surface area contributed by atoms with E-state index in [0.717, 1.165) is 23.4 Å². The number of carbonyl (C=O) groups is 12. The van der Waals surface area contributed by atoms with Gasteiger partial charge in [0, 0.05) is 49.8 Å². The zero-order valence-electron chi connectivity index (χ0n) is 52.2. The predicted molar refractivity (Wildman–Crippen MR) is 336 cm³/mol. The Bertz CT molecular complexity index is 3380. The molecule has 4 aromatic carbocycles. The van der Waals surface area contributed by atoms with Crippen LogP contribution in [0.1, 0.15) is 76.6 Å². The highest BCUT2D eigenvalue weighted by Gasteiger charge is 2.38. The van der Waals surface area contributed by atoms with Crippen molar-refractivity contribution in [2.24, 2.45) is 17.4 Å². The number of aromatic amines is 1. The van der Waals surface area contributed by atoms with E-state index < -0.39 is 163 Å². The summed E-state index contributed by atoms with van der Waals surface area (Å²) in [7, 11) is 1.41. The first kappa shape index (κ1) is 72.5. The Morgan fingerprint density at radius 3 is 1.23 bits per heavy atom. The van der Waals surface area contributed by atoms with Gasteiger partial charge in [0.25, 0.3) is 0 Å². The number of benzene rings is 4. The van der Waals surface area contributed by atoms with Crippen LogP contribution in [0.5, 0.6) is 0 Å². The molecule has 0 fully saturated rings. The Kier molecular flexibility index (Phi) is 27.3. The molecule has 92 heavy (non-hydrogen) atoms. The molecule has 0 aliphatic carbocycles. The molecule has 1 heterocycles. The van der Waals surface area contributed by atoms with Crippen LogP contribution in [-0.4, -0.2) is 166 Å². The molecule has 1 unspecified atom stereocenters. The first-order valence-corrected chi connectivity index (χ1v) is 29.7. The fourth-order valence-electron chi connectivity index (χ4n) is 9.61. The van der Waals surface area contributed by atoms with Gasteiger partial charge >= 0.3 is 6.09 Å². The maximum atomic E-state index is 14.4. The molecule has 12 amide bonds. The molecule has 1 aromatic heterocycles. The van der Waals surface area contributed by atoms with Gasteiger partial charge in [0.2, 0.25) is 65.0 Å². The lowest BCUT2D eigenvalue weighted by atomic mass is 10.0. The molecule has 0 aliphatic heterocycles. The Balaban J connectivity index is 1.32. The molecule has 5 aromatic rings. The molecule has 0 spiro atoms. The van der Waals surface area contributed by atoms with Crippen molar-refractivity contribution in [1.82, 2.24) is 58.2 Å². The topological polar surface area (TPSA) is 443 Å². The van der Waals surface area contributed by atoms with Crippen molar-refractivity contribution < 1.29 is 72.5 Å². The number of fused-ring (bicyclic) bond motifs is 1. The standard InChI is InChI=1S/C64H83N13O15/c1-35(2)52(61(89)74-49(34-78)60(88)70-43(27-37-19-11-8-12-20-37)55(83)71-46(54(82)67-7)30-40-33-68-42-26-18-17-25-41(40)42)76-62(90)53(36(3)79)77-59(87)44(28-38-21-13-9-14-22-38)69-57(85)47(31-50(65)80)73-58(86)48(32-51(66)81)72-56(84)45(29-39-23-15-10-16-24-39)75-63(91)92-64(4,5)6/h8-26,33,35-36,43-49,52-53,68,78-79H,27-32,34H2,1-7H3,(H2,65,80)(H2,66,81)(H,67,82)(H,69,85)(H,70,88)(H,71,83)(H,72,84)(H,73,86)(H,74,89)(H,75,91)(H,76,90)(H,77,87)/t36-,43+,44+,45+,46?,47+,48+,49+,52+,53+/m1/s1. The van der Waals surface area contributed by atoms with E-state index in [1.807, 2.05) is 24.3 Å². The average molecular weight is 1270 g/mol. The summed E-state index contributed by atoms with van der Waals surface area (Å²) in [6.07, 6.45) is -3.18. The summed E-state index contributed by atoms with van der Waals surface area (Å²) in [5.41, 5.74) is 13.2. The van der Waals surface area contributed by atoms with Crippen LogP contribution in [0, 0.1) is 5.92 Å². The number of nitrogens with two attached hydrogens (primary N) is 2. The summed E-state index contributed by atoms with van der Waals surface area (Å²) in [6, 6.07) is 18.1. The molecular weight excluding hydrogens is 1190 g/mol. The fourth-order valence-corrected chi connectivity index (χ4v) is 9.61. The number of likely N-dealkylation sites (N-methyl/N-ethyl adjacent to an activating group) is 1. The van der Waals surface area contributed by atoms with E-state index in [4.69, 9.17) is 16.2 Å². The van der Waals surface area contributed by atoms with Gasteiger partial charge in [-0.1, -0.05) is 123 Å². The van der Waals surface area contributed by atoms with E-state index in [2.05, 4.69) is 58.2 Å². The van der Waals surface area contributed by atoms with Crippen molar-refractivity contribution in [3.63, 3.8) is 0 Å². The Hall–Kier alpha value is -10.2. The quantitative estimate of drug-likeness (QED) is 0.0233. The van der Waals surface area contributed by atoms with Gasteiger partial charge in [0.1, 0.15) is 60.0 Å². The highest BCUT2D eigenvalue weighted by atomic mass is 16.6. The normalized spacial score (nSPS) is 14.5. The SMILES string of the molecule is CNC(=O)C(Cc1c[nH]c2ccccc12)NC(=O)[C@H](Cc1ccccc1)NC(=O)[C@H](CO)NC(=O)[C@@H](NC(=O)[C@@H](NC(=O)[C@H](Cc1ccccc1)NC(=O)[C@H](CC(N)=O)NC(=O)[C@H](CC(N)=O)NC(=O)[C@H](Cc1ccccc1)NC(=O)OC(C)(C)C)[C@@H](C)O)C(C)C. The molecule has 0 saturated heterocycles. The minimum Gasteiger partial charge on any atom is -0.444 e. The predicted octanol–water partition coefficient (Wildman–Crippen LogP) is -1.26. The largest absolute Gasteiger partial charge is 0.444 e. The number of rotatable bonds is 33. The lowest BCUT2D eigenvalue weighted by Gasteiger charge is -2.29. The third kappa shape index (κ3) is 23.0. The maximum absolute atomic E-state index is 14.4. The van der Waals surface area contributed by atoms with Crippen molar-refractivity contribution >= 4 is 82.0 Å². The number of para-hydroxylation sites is 1. The van der Waals surface area contributed by atoms with Gasteiger partial charge in [0.05, 0.1) is 25.6 Å². The van der Waals surface area contributed by atoms with Crippen LogP contribution in [-0.2, 0) is 83.2 Å². The molecule has 10 atom stereocenters. The molecule has 0 aliphatic rings. The highest BCUT2D eigenvalue weighted by molar-refractivity contribution is 6.00. The minimum atomic E-state index is -1.90. The second kappa shape index (κ2) is 34.7. The number of ether oxygens (including phenoxy) is 1. The number of aliphatic hydroxyl groups is 2. The number of H-pyrrole nitrogens is 1. The molecule has 17 N–H and O–H groups in total. The summed E-state index contributed by atoms with van der Waals surface area (Å²) in [5.74, 6) is -12.0. The van der Waals surface area contributed by atoms with Crippen LogP contribution < -0.4 is 64.6 Å². The maximum Gasteiger partial charge on any atom is 0.408 e. The number of aliphatic hydroxyl groups excluding tert-OH is 2. The average Bonchev–Trinajstić information content (AvgIpc) is 2.29. The van der Waals surface area contributed by atoms with Crippen molar-refractivity contribution in [3.05, 3.63) is 144 Å². The lowest BCUT2D eigenvalue weighted by Crippen LogP contribution is -2.63. The van der Waals surface area contributed by atoms with E-state index in [1.165, 1.54) is 20.9 Å². The number of primary amides is 2. The van der Waals surface area contributed by atoms with Gasteiger partial charge in [-0.25, -0.2) is 4.79 Å². The summed E-state index contributed by atoms with van der Waals surface area (Å²) < 4.78 is 5.35. The number of nitrogens with one attached hydrogen (secondary N) is 11. The zero-order chi connectivity index (χ0) is 67.8. The van der Waals surface area contributed by atoms with E-state index >= 15 is 0 Å². The van der Waals surface area contributed by atoms with Crippen LogP contribution in [0.3, 0.4) is 0 Å². The van der Waals surface area contributed by atoms with Crippen molar-refractivity contribution in [1.29, 1.82) is 0 Å². The number of amides is 12. The second-order valence-corrected chi connectivity index (χ2v) is 23.3. The van der Waals surface area contributed by atoms with Gasteiger partial charge in [-0.05, 0) is 61.9 Å². The van der Waals surface area contributed by atoms with Crippen LogP contribution in [0.4, 0.5) is 4.79 Å². The fraction of sp³-hybridized carbons (Fsp3) is 0.406. The van der Waals surface area contributed by atoms with E-state index in [-0.39, 0.29) is 25.7 Å². The lowest BCUT2D eigenvalue weighted by molar-refractivity contribution is -0.138. The second-order valence-electron chi connectivity index (χ2n) is 23.3. The molecule has 28 nitrogen and oxygen atoms in total. The van der Waals surface area contributed by atoms with Gasteiger partial charge in [-0.3, -0.25) is 52.7 Å². The van der Waals surface area contributed by atoms with Gasteiger partial charge in [-0.2, -0.15) is 0 Å². The number of hydrogen-bond donors (Lipinski definition) is 15. The molecule has 0 saturated carbocycles. The number of aromatic nitrogens is 1. The number of hydrogen-bond acceptors (Lipinski definition) is 15. The third-order valence-electron chi connectivity index (χ3n) is 14.3. The first-order valence-electron chi connectivity index (χ1n) is 29.7. The van der Waals surface area contributed by atoms with Gasteiger partial charge < -0.3 is 84.6 Å². The van der Waals surface area contributed by atoms with Crippen LogP contribution in [0.25, 0.3) is 10.9 Å². The van der Waals surface area contributed by atoms with Crippen LogP contribution in [0.2, 0.25) is 0 Å². The van der Waals surface area contributed by atoms with Crippen molar-refractivity contribution in [3.8, 4) is 0 Å². The van der Waals surface area contributed by atoms with Gasteiger partial charge in [0.15, 0.2) is 0 Å². The highest BCUT2D eigenvalue weighted by Crippen LogP contribution is 2.20. The third-order valence-corrected chi connectivity index (χ3v) is 14.3. The van der Waals surface area contributed by atoms with Crippen LogP contribution >= 0.6 is 0 Å². The summed E-state index contributed by atoms with van der Waals surface area (Å²) in [4.78, 5) is 167. The smallest absolute Gasteiger partial charge is 0.408 e. The van der Waals surface area contributed by atoms with Crippen molar-refractivity contribution in [2.45, 2.75) is 146 Å². The summed E-state index contributed by atoms with van der Waals surface area (Å²) >= 11 is 0. The molecule has 28 heteroatoms. The van der Waals surface area contributed by atoms with Crippen LogP contribution in [0.15, 0.2) is 121 Å². The molecule has 5 rings (SSSR count). The number of carbonyl (C=O) groups excluding carboxylic acids is 12. The van der Waals surface area contributed by atoms with E-state index in [0.29, 0.717) is 16.7 Å². The minimum absolute atomic E-state index is 0.0639. The molecule has 0 radical (unpaired) electrons. The molecule has 494 valence electrons. The molecular formula is C64H83N13O15. The zero-order valence-corrected chi connectivity index (χ0v) is 52.2. The summed E-state index contributed by atoms with van der Waals surface area (Å²) in [6.45, 7) is 7.98. The van der Waals surface area contributed by atoms with Crippen molar-refractivity contribution in [2.75, 3.05) is 13.7 Å². The monoisotopic (exact) mass is 1270 g/mol. The molecule has 0 bridgehead atoms.